The molecule has 1 aliphatic rings. The number of sulfonamides is 1. The number of carboxylic acids is 1. The lowest BCUT2D eigenvalue weighted by atomic mass is 10.1. The first-order valence-corrected chi connectivity index (χ1v) is 12.1. The van der Waals surface area contributed by atoms with Gasteiger partial charge in [-0.1, -0.05) is 35.9 Å². The zero-order chi connectivity index (χ0) is 26.1. The van der Waals surface area contributed by atoms with Gasteiger partial charge in [-0.15, -0.1) is 0 Å². The summed E-state index contributed by atoms with van der Waals surface area (Å²) >= 11 is 6.09. The van der Waals surface area contributed by atoms with E-state index in [1.165, 1.54) is 6.40 Å². The van der Waals surface area contributed by atoms with Crippen molar-refractivity contribution in [2.75, 3.05) is 10.8 Å². The standard InChI is InChI=1S/C23H17ClF3N3O5S/c24-19-9-17(23(25,26)27)10-29-21(19)30(36(33,34)18-7-5-16(6-8-18)22(31)32)12-14-1-3-15(4-2-14)20-11-28-13-35-20/h1-10,13,20H,11-12H2,(H,31,32). The quantitative estimate of drug-likeness (QED) is 0.455. The third-order valence-electron chi connectivity index (χ3n) is 5.32. The summed E-state index contributed by atoms with van der Waals surface area (Å²) in [6.45, 7) is 0.126. The Balaban J connectivity index is 1.74. The molecule has 2 aromatic carbocycles. The van der Waals surface area contributed by atoms with Crippen LogP contribution in [0, 0.1) is 0 Å². The topological polar surface area (TPSA) is 109 Å². The van der Waals surface area contributed by atoms with Gasteiger partial charge in [-0.25, -0.2) is 22.5 Å². The number of halogens is 4. The largest absolute Gasteiger partial charge is 0.478 e. The Kier molecular flexibility index (Phi) is 6.92. The van der Waals surface area contributed by atoms with E-state index >= 15 is 0 Å². The first-order chi connectivity index (χ1) is 17.0. The maximum atomic E-state index is 13.5. The van der Waals surface area contributed by atoms with Crippen molar-refractivity contribution in [1.82, 2.24) is 4.98 Å². The van der Waals surface area contributed by atoms with Crippen LogP contribution >= 0.6 is 11.6 Å². The second kappa shape index (κ2) is 9.78. The van der Waals surface area contributed by atoms with Gasteiger partial charge in [0.25, 0.3) is 10.0 Å². The van der Waals surface area contributed by atoms with E-state index in [1.807, 2.05) is 0 Å². The van der Waals surface area contributed by atoms with Crippen molar-refractivity contribution in [2.45, 2.75) is 23.7 Å². The number of aliphatic imine (C=N–C) groups is 1. The summed E-state index contributed by atoms with van der Waals surface area (Å²) in [4.78, 5) is 18.6. The number of anilines is 1. The van der Waals surface area contributed by atoms with Crippen LogP contribution < -0.4 is 4.31 Å². The second-order valence-electron chi connectivity index (χ2n) is 7.71. The molecule has 0 amide bonds. The molecule has 0 bridgehead atoms. The van der Waals surface area contributed by atoms with Gasteiger partial charge in [0.1, 0.15) is 6.10 Å². The van der Waals surface area contributed by atoms with Gasteiger partial charge in [0, 0.05) is 6.20 Å². The van der Waals surface area contributed by atoms with Gasteiger partial charge in [-0.3, -0.25) is 4.99 Å². The molecule has 1 aromatic heterocycles. The molecule has 0 saturated carbocycles. The van der Waals surface area contributed by atoms with Crippen molar-refractivity contribution in [1.29, 1.82) is 0 Å². The van der Waals surface area contributed by atoms with Gasteiger partial charge in [0.05, 0.1) is 34.1 Å². The molecule has 8 nitrogen and oxygen atoms in total. The lowest BCUT2D eigenvalue weighted by Gasteiger charge is -2.25. The Morgan fingerprint density at radius 3 is 2.33 bits per heavy atom. The van der Waals surface area contributed by atoms with Crippen molar-refractivity contribution in [3.8, 4) is 0 Å². The van der Waals surface area contributed by atoms with Gasteiger partial charge in [0.15, 0.2) is 12.2 Å². The molecule has 0 fully saturated rings. The van der Waals surface area contributed by atoms with Crippen molar-refractivity contribution in [3.63, 3.8) is 0 Å². The maximum Gasteiger partial charge on any atom is 0.417 e. The molecule has 0 aliphatic carbocycles. The predicted octanol–water partition coefficient (Wildman–Crippen LogP) is 4.95. The summed E-state index contributed by atoms with van der Waals surface area (Å²) in [6, 6.07) is 11.7. The van der Waals surface area contributed by atoms with E-state index < -0.39 is 38.6 Å². The average Bonchev–Trinajstić information content (AvgIpc) is 3.37. The first kappa shape index (κ1) is 25.5. The van der Waals surface area contributed by atoms with Crippen LogP contribution in [0.4, 0.5) is 19.0 Å². The van der Waals surface area contributed by atoms with Crippen LogP contribution in [0.25, 0.3) is 0 Å². The Bertz CT molecular complexity index is 1400. The molecule has 36 heavy (non-hydrogen) atoms. The highest BCUT2D eigenvalue weighted by Crippen LogP contribution is 2.36. The molecular weight excluding hydrogens is 523 g/mol. The molecule has 4 rings (SSSR count). The van der Waals surface area contributed by atoms with Crippen molar-refractivity contribution in [3.05, 3.63) is 88.1 Å². The van der Waals surface area contributed by atoms with E-state index in [0.29, 0.717) is 24.4 Å². The van der Waals surface area contributed by atoms with Crippen LogP contribution in [0.2, 0.25) is 5.02 Å². The summed E-state index contributed by atoms with van der Waals surface area (Å²) in [7, 11) is -4.42. The van der Waals surface area contributed by atoms with E-state index in [1.54, 1.807) is 24.3 Å². The Morgan fingerprint density at radius 1 is 1.14 bits per heavy atom. The second-order valence-corrected chi connectivity index (χ2v) is 9.97. The van der Waals surface area contributed by atoms with Crippen LogP contribution in [0.3, 0.4) is 0 Å². The third-order valence-corrected chi connectivity index (χ3v) is 7.35. The zero-order valence-electron chi connectivity index (χ0n) is 18.2. The highest BCUT2D eigenvalue weighted by atomic mass is 35.5. The molecular formula is C23H17ClF3N3O5S. The summed E-state index contributed by atoms with van der Waals surface area (Å²) in [5.41, 5.74) is 0.0178. The number of hydrogen-bond acceptors (Lipinski definition) is 6. The van der Waals surface area contributed by atoms with Crippen molar-refractivity contribution < 1.29 is 36.2 Å². The normalized spacial score (nSPS) is 15.5. The summed E-state index contributed by atoms with van der Waals surface area (Å²) in [5, 5.41) is 8.57. The number of benzene rings is 2. The van der Waals surface area contributed by atoms with Crippen LogP contribution in [-0.4, -0.2) is 37.4 Å². The molecule has 1 N–H and O–H groups in total. The fraction of sp³-hybridized carbons (Fsp3) is 0.174. The predicted molar refractivity (Wildman–Crippen MR) is 125 cm³/mol. The van der Waals surface area contributed by atoms with E-state index in [-0.39, 0.29) is 23.1 Å². The highest BCUT2D eigenvalue weighted by Gasteiger charge is 2.34. The van der Waals surface area contributed by atoms with Crippen molar-refractivity contribution >= 4 is 39.8 Å². The lowest BCUT2D eigenvalue weighted by Crippen LogP contribution is -2.32. The number of pyridine rings is 1. The SMILES string of the molecule is O=C(O)c1ccc(S(=O)(=O)N(Cc2ccc(C3CN=CO3)cc2)c2ncc(C(F)(F)F)cc2Cl)cc1. The molecule has 13 heteroatoms. The fourth-order valence-corrected chi connectivity index (χ4v) is 5.17. The van der Waals surface area contributed by atoms with Gasteiger partial charge in [-0.05, 0) is 41.5 Å². The van der Waals surface area contributed by atoms with Crippen molar-refractivity contribution in [2.24, 2.45) is 4.99 Å². The van der Waals surface area contributed by atoms with Crippen LogP contribution in [0.15, 0.2) is 70.7 Å². The van der Waals surface area contributed by atoms with E-state index in [4.69, 9.17) is 21.4 Å². The monoisotopic (exact) mass is 539 g/mol. The van der Waals surface area contributed by atoms with Gasteiger partial charge < -0.3 is 9.84 Å². The molecule has 1 atom stereocenters. The summed E-state index contributed by atoms with van der Waals surface area (Å²) in [5.74, 6) is -1.66. The molecule has 0 spiro atoms. The Hall–Kier alpha value is -3.64. The van der Waals surface area contributed by atoms with E-state index in [2.05, 4.69) is 9.98 Å². The maximum absolute atomic E-state index is 13.5. The van der Waals surface area contributed by atoms with E-state index in [0.717, 1.165) is 34.1 Å². The number of aromatic carboxylic acids is 1. The average molecular weight is 540 g/mol. The zero-order valence-corrected chi connectivity index (χ0v) is 19.8. The van der Waals surface area contributed by atoms with Crippen LogP contribution in [0.1, 0.15) is 33.2 Å². The fourth-order valence-electron chi connectivity index (χ4n) is 3.43. The molecule has 0 radical (unpaired) electrons. The number of aromatic nitrogens is 1. The number of rotatable bonds is 7. The number of ether oxygens (including phenoxy) is 1. The first-order valence-electron chi connectivity index (χ1n) is 10.3. The number of hydrogen-bond donors (Lipinski definition) is 1. The van der Waals surface area contributed by atoms with Gasteiger partial charge in [-0.2, -0.15) is 13.2 Å². The third kappa shape index (κ3) is 5.29. The Morgan fingerprint density at radius 2 is 1.81 bits per heavy atom. The highest BCUT2D eigenvalue weighted by molar-refractivity contribution is 7.92. The summed E-state index contributed by atoms with van der Waals surface area (Å²) < 4.78 is 72.6. The smallest absolute Gasteiger partial charge is 0.417 e. The van der Waals surface area contributed by atoms with Crippen LogP contribution in [0.5, 0.6) is 0 Å². The Labute approximate surface area is 208 Å². The number of nitrogens with zero attached hydrogens (tertiary/aromatic N) is 3. The lowest BCUT2D eigenvalue weighted by molar-refractivity contribution is -0.137. The van der Waals surface area contributed by atoms with Gasteiger partial charge in [0.2, 0.25) is 0 Å². The molecule has 1 aliphatic heterocycles. The van der Waals surface area contributed by atoms with E-state index in [9.17, 15) is 26.4 Å². The molecule has 0 saturated heterocycles. The summed E-state index contributed by atoms with van der Waals surface area (Å²) in [6.07, 6.45) is -3.15. The number of alkyl halides is 3. The minimum absolute atomic E-state index is 0.139. The van der Waals surface area contributed by atoms with Crippen LogP contribution in [-0.2, 0) is 27.5 Å². The molecule has 2 heterocycles. The molecule has 188 valence electrons. The molecule has 3 aromatic rings. The number of carbonyl (C=O) groups is 1. The molecule has 1 unspecified atom stereocenters. The minimum atomic E-state index is -4.73. The van der Waals surface area contributed by atoms with Gasteiger partial charge >= 0.3 is 12.1 Å². The minimum Gasteiger partial charge on any atom is -0.478 e. The number of carboxylic acid groups (broad SMARTS) is 1.